The zero-order valence-corrected chi connectivity index (χ0v) is 30.3. The molecule has 0 fully saturated rings. The number of hydrogen-bond donors (Lipinski definition) is 0. The average molecular weight is 732 g/mol. The molecule has 0 bridgehead atoms. The summed E-state index contributed by atoms with van der Waals surface area (Å²) in [5.74, 6) is 1.70. The SMILES string of the molecule is c1cc(-c2nc(-c3cccc(-n4c5ccccc5c5ccccc54)c3)nc(-c3ccc4c(c3)oc3ccccc34)n2)cc(-c2cccc3oc4cnccc4c23)c1. The normalized spacial score (nSPS) is 11.9. The van der Waals surface area contributed by atoms with E-state index in [2.05, 4.69) is 131 Å². The van der Waals surface area contributed by atoms with Gasteiger partial charge in [0.1, 0.15) is 16.7 Å². The smallest absolute Gasteiger partial charge is 0.164 e. The molecule has 0 N–H and O–H groups in total. The fourth-order valence-corrected chi connectivity index (χ4v) is 8.36. The molecule has 12 rings (SSSR count). The van der Waals surface area contributed by atoms with E-state index in [0.717, 1.165) is 88.4 Å². The van der Waals surface area contributed by atoms with Gasteiger partial charge in [-0.25, -0.2) is 15.0 Å². The van der Waals surface area contributed by atoms with Crippen molar-refractivity contribution >= 4 is 65.7 Å². The van der Waals surface area contributed by atoms with Crippen molar-refractivity contribution in [3.8, 4) is 51.0 Å². The van der Waals surface area contributed by atoms with Crippen LogP contribution in [0.15, 0.2) is 185 Å². The van der Waals surface area contributed by atoms with E-state index in [-0.39, 0.29) is 0 Å². The van der Waals surface area contributed by atoms with Crippen molar-refractivity contribution in [1.82, 2.24) is 24.5 Å². The molecular formula is C50H29N5O2. The quantitative estimate of drug-likeness (QED) is 0.175. The maximum absolute atomic E-state index is 6.31. The number of rotatable bonds is 5. The van der Waals surface area contributed by atoms with Crippen molar-refractivity contribution in [2.75, 3.05) is 0 Å². The largest absolute Gasteiger partial charge is 0.456 e. The molecule has 12 aromatic rings. The summed E-state index contributed by atoms with van der Waals surface area (Å²) in [7, 11) is 0. The van der Waals surface area contributed by atoms with Gasteiger partial charge in [-0.3, -0.25) is 4.98 Å². The Kier molecular flexibility index (Phi) is 6.79. The van der Waals surface area contributed by atoms with E-state index in [1.54, 1.807) is 12.4 Å². The fraction of sp³-hybridized carbons (Fsp3) is 0. The summed E-state index contributed by atoms with van der Waals surface area (Å²) in [6.45, 7) is 0. The van der Waals surface area contributed by atoms with Gasteiger partial charge in [0.05, 0.1) is 17.2 Å². The highest BCUT2D eigenvalue weighted by Gasteiger charge is 2.18. The first-order chi connectivity index (χ1) is 28.2. The number of aromatic nitrogens is 5. The Morgan fingerprint density at radius 3 is 1.77 bits per heavy atom. The van der Waals surface area contributed by atoms with Gasteiger partial charge in [-0.1, -0.05) is 103 Å². The number of pyridine rings is 1. The number of benzene rings is 7. The van der Waals surface area contributed by atoms with E-state index in [4.69, 9.17) is 23.8 Å². The lowest BCUT2D eigenvalue weighted by Gasteiger charge is -2.12. The van der Waals surface area contributed by atoms with Gasteiger partial charge in [-0.2, -0.15) is 0 Å². The topological polar surface area (TPSA) is 82.8 Å². The van der Waals surface area contributed by atoms with Crippen molar-refractivity contribution < 1.29 is 8.83 Å². The van der Waals surface area contributed by atoms with Crippen molar-refractivity contribution in [2.45, 2.75) is 0 Å². The first kappa shape index (κ1) is 31.5. The van der Waals surface area contributed by atoms with E-state index in [1.807, 2.05) is 42.5 Å². The molecule has 0 atom stereocenters. The predicted molar refractivity (Wildman–Crippen MR) is 228 cm³/mol. The van der Waals surface area contributed by atoms with Crippen LogP contribution in [-0.2, 0) is 0 Å². The third-order valence-electron chi connectivity index (χ3n) is 10.9. The maximum Gasteiger partial charge on any atom is 0.164 e. The Hall–Kier alpha value is -7.90. The van der Waals surface area contributed by atoms with Crippen LogP contribution in [0.3, 0.4) is 0 Å². The Morgan fingerprint density at radius 2 is 0.982 bits per heavy atom. The van der Waals surface area contributed by atoms with Gasteiger partial charge in [0, 0.05) is 60.9 Å². The second kappa shape index (κ2) is 12.3. The fourth-order valence-electron chi connectivity index (χ4n) is 8.36. The van der Waals surface area contributed by atoms with E-state index in [9.17, 15) is 0 Å². The summed E-state index contributed by atoms with van der Waals surface area (Å²) in [5.41, 5.74) is 11.2. The van der Waals surface area contributed by atoms with Crippen molar-refractivity contribution in [1.29, 1.82) is 0 Å². The zero-order chi connectivity index (χ0) is 37.5. The molecule has 0 spiro atoms. The van der Waals surface area contributed by atoms with Gasteiger partial charge in [0.2, 0.25) is 0 Å². The van der Waals surface area contributed by atoms with Crippen LogP contribution in [0.25, 0.3) is 117 Å². The van der Waals surface area contributed by atoms with Crippen LogP contribution >= 0.6 is 0 Å². The summed E-state index contributed by atoms with van der Waals surface area (Å²) in [4.78, 5) is 19.8. The molecule has 0 saturated heterocycles. The van der Waals surface area contributed by atoms with Crippen LogP contribution < -0.4 is 0 Å². The van der Waals surface area contributed by atoms with Crippen LogP contribution in [0.2, 0.25) is 0 Å². The summed E-state index contributed by atoms with van der Waals surface area (Å²) < 4.78 is 14.8. The Bertz CT molecular complexity index is 3500. The molecule has 7 nitrogen and oxygen atoms in total. The van der Waals surface area contributed by atoms with E-state index in [0.29, 0.717) is 17.5 Å². The third kappa shape index (κ3) is 4.99. The lowest BCUT2D eigenvalue weighted by Crippen LogP contribution is -2.01. The zero-order valence-electron chi connectivity index (χ0n) is 30.3. The summed E-state index contributed by atoms with van der Waals surface area (Å²) in [6.07, 6.45) is 3.57. The van der Waals surface area contributed by atoms with Gasteiger partial charge < -0.3 is 13.4 Å². The van der Waals surface area contributed by atoms with Gasteiger partial charge in [-0.05, 0) is 71.8 Å². The molecule has 7 aromatic carbocycles. The monoisotopic (exact) mass is 731 g/mol. The molecule has 0 aliphatic carbocycles. The van der Waals surface area contributed by atoms with Crippen LogP contribution in [0.4, 0.5) is 0 Å². The van der Waals surface area contributed by atoms with Gasteiger partial charge in [0.15, 0.2) is 23.1 Å². The average Bonchev–Trinajstić information content (AvgIpc) is 3.96. The number of hydrogen-bond acceptors (Lipinski definition) is 6. The Morgan fingerprint density at radius 1 is 0.386 bits per heavy atom. The molecular weight excluding hydrogens is 703 g/mol. The Balaban J connectivity index is 1.05. The van der Waals surface area contributed by atoms with Gasteiger partial charge in [0.25, 0.3) is 0 Å². The molecule has 0 aliphatic rings. The summed E-state index contributed by atoms with van der Waals surface area (Å²) in [5, 5.41) is 6.61. The lowest BCUT2D eigenvalue weighted by atomic mass is 9.98. The summed E-state index contributed by atoms with van der Waals surface area (Å²) in [6, 6.07) is 56.4. The van der Waals surface area contributed by atoms with E-state index < -0.39 is 0 Å². The predicted octanol–water partition coefficient (Wildman–Crippen LogP) is 12.8. The number of furan rings is 2. The molecule has 0 amide bonds. The van der Waals surface area contributed by atoms with Crippen LogP contribution in [0.1, 0.15) is 0 Å². The minimum absolute atomic E-state index is 0.556. The van der Waals surface area contributed by atoms with Crippen molar-refractivity contribution in [3.63, 3.8) is 0 Å². The molecule has 7 heteroatoms. The highest BCUT2D eigenvalue weighted by atomic mass is 16.3. The number of para-hydroxylation sites is 3. The maximum atomic E-state index is 6.31. The standard InChI is InChI=1S/C50H29N5O2/c1-4-18-41-36(14-1)37-15-2-5-19-42(37)55(41)34-13-8-12-32(27-34)49-52-48(53-50(54-49)33-22-23-39-38-16-3-6-20-43(38)56-45(39)28-33)31-11-7-10-30(26-31)35-17-9-21-44-47(35)40-24-25-51-29-46(40)57-44/h1-29H. The molecule has 0 unspecified atom stereocenters. The lowest BCUT2D eigenvalue weighted by molar-refractivity contribution is 0.667. The second-order valence-electron chi connectivity index (χ2n) is 14.3. The van der Waals surface area contributed by atoms with E-state index in [1.165, 1.54) is 10.8 Å². The van der Waals surface area contributed by atoms with Crippen molar-refractivity contribution in [2.24, 2.45) is 0 Å². The minimum atomic E-state index is 0.556. The molecule has 0 radical (unpaired) electrons. The van der Waals surface area contributed by atoms with Crippen molar-refractivity contribution in [3.05, 3.63) is 176 Å². The third-order valence-corrected chi connectivity index (χ3v) is 10.9. The van der Waals surface area contributed by atoms with Crippen LogP contribution in [0.5, 0.6) is 0 Å². The second-order valence-corrected chi connectivity index (χ2v) is 14.3. The van der Waals surface area contributed by atoms with Gasteiger partial charge in [-0.15, -0.1) is 0 Å². The van der Waals surface area contributed by atoms with E-state index >= 15 is 0 Å². The first-order valence-electron chi connectivity index (χ1n) is 18.9. The van der Waals surface area contributed by atoms with Crippen LogP contribution in [-0.4, -0.2) is 24.5 Å². The number of fused-ring (bicyclic) bond motifs is 9. The molecule has 5 heterocycles. The van der Waals surface area contributed by atoms with Gasteiger partial charge >= 0.3 is 0 Å². The highest BCUT2D eigenvalue weighted by Crippen LogP contribution is 2.39. The molecule has 57 heavy (non-hydrogen) atoms. The molecule has 0 aliphatic heterocycles. The van der Waals surface area contributed by atoms with Crippen LogP contribution in [0, 0.1) is 0 Å². The summed E-state index contributed by atoms with van der Waals surface area (Å²) >= 11 is 0. The molecule has 266 valence electrons. The number of nitrogens with zero attached hydrogens (tertiary/aromatic N) is 5. The molecule has 0 saturated carbocycles. The Labute approximate surface area is 325 Å². The first-order valence-corrected chi connectivity index (χ1v) is 18.9. The highest BCUT2D eigenvalue weighted by molar-refractivity contribution is 6.12. The minimum Gasteiger partial charge on any atom is -0.456 e. The molecule has 5 aromatic heterocycles.